The normalized spacial score (nSPS) is 10.6. The van der Waals surface area contributed by atoms with E-state index < -0.39 is 0 Å². The van der Waals surface area contributed by atoms with Crippen molar-refractivity contribution in [3.8, 4) is 0 Å². The van der Waals surface area contributed by atoms with E-state index in [0.717, 1.165) is 21.1 Å². The molecule has 0 spiro atoms. The number of anilines is 2. The lowest BCUT2D eigenvalue weighted by Gasteiger charge is -2.08. The molecule has 1 heterocycles. The molecule has 3 rings (SSSR count). The maximum Gasteiger partial charge on any atom is 0.141 e. The lowest BCUT2D eigenvalue weighted by Crippen LogP contribution is -1.96. The SMILES string of the molecule is Fc1ccc(Nc2ncnc3c(Br)cccc23)cc1. The molecule has 5 heteroatoms. The molecule has 0 radical (unpaired) electrons. The average molecular weight is 318 g/mol. The number of aromatic nitrogens is 2. The number of nitrogens with one attached hydrogen (secondary N) is 1. The molecular weight excluding hydrogens is 309 g/mol. The van der Waals surface area contributed by atoms with Crippen molar-refractivity contribution in [1.82, 2.24) is 9.97 Å². The molecule has 0 saturated carbocycles. The van der Waals surface area contributed by atoms with E-state index in [4.69, 9.17) is 0 Å². The van der Waals surface area contributed by atoms with E-state index in [2.05, 4.69) is 31.2 Å². The van der Waals surface area contributed by atoms with Crippen molar-refractivity contribution in [3.63, 3.8) is 0 Å². The maximum absolute atomic E-state index is 12.9. The van der Waals surface area contributed by atoms with Gasteiger partial charge >= 0.3 is 0 Å². The second-order valence-corrected chi connectivity index (χ2v) is 4.84. The van der Waals surface area contributed by atoms with E-state index in [0.29, 0.717) is 5.82 Å². The van der Waals surface area contributed by atoms with Gasteiger partial charge in [0.25, 0.3) is 0 Å². The van der Waals surface area contributed by atoms with Crippen LogP contribution < -0.4 is 5.32 Å². The number of rotatable bonds is 2. The van der Waals surface area contributed by atoms with Crippen LogP contribution >= 0.6 is 15.9 Å². The Hall–Kier alpha value is -2.01. The molecule has 0 aliphatic rings. The lowest BCUT2D eigenvalue weighted by atomic mass is 10.2. The molecule has 0 amide bonds. The molecule has 19 heavy (non-hydrogen) atoms. The summed E-state index contributed by atoms with van der Waals surface area (Å²) < 4.78 is 13.8. The fourth-order valence-corrected chi connectivity index (χ4v) is 2.29. The third-order valence-corrected chi connectivity index (χ3v) is 3.36. The van der Waals surface area contributed by atoms with Gasteiger partial charge in [0, 0.05) is 15.5 Å². The number of benzene rings is 2. The van der Waals surface area contributed by atoms with Crippen molar-refractivity contribution in [1.29, 1.82) is 0 Å². The van der Waals surface area contributed by atoms with Gasteiger partial charge in [0.15, 0.2) is 0 Å². The fourth-order valence-electron chi connectivity index (χ4n) is 1.82. The van der Waals surface area contributed by atoms with Crippen molar-refractivity contribution in [2.45, 2.75) is 0 Å². The van der Waals surface area contributed by atoms with Gasteiger partial charge in [0.2, 0.25) is 0 Å². The number of fused-ring (bicyclic) bond motifs is 1. The molecule has 0 fully saturated rings. The third kappa shape index (κ3) is 2.42. The molecule has 94 valence electrons. The van der Waals surface area contributed by atoms with Gasteiger partial charge < -0.3 is 5.32 Å². The van der Waals surface area contributed by atoms with Gasteiger partial charge in [-0.25, -0.2) is 14.4 Å². The van der Waals surface area contributed by atoms with Crippen molar-refractivity contribution >= 4 is 38.3 Å². The molecule has 0 aliphatic heterocycles. The zero-order valence-electron chi connectivity index (χ0n) is 9.77. The topological polar surface area (TPSA) is 37.8 Å². The molecule has 1 aromatic heterocycles. The van der Waals surface area contributed by atoms with Crippen LogP contribution in [0.25, 0.3) is 10.9 Å². The summed E-state index contributed by atoms with van der Waals surface area (Å²) in [5, 5.41) is 4.07. The summed E-state index contributed by atoms with van der Waals surface area (Å²) in [5.41, 5.74) is 1.61. The number of hydrogen-bond acceptors (Lipinski definition) is 3. The minimum Gasteiger partial charge on any atom is -0.340 e. The minimum atomic E-state index is -0.263. The highest BCUT2D eigenvalue weighted by molar-refractivity contribution is 9.10. The quantitative estimate of drug-likeness (QED) is 0.766. The highest BCUT2D eigenvalue weighted by atomic mass is 79.9. The molecule has 1 N–H and O–H groups in total. The smallest absolute Gasteiger partial charge is 0.141 e. The van der Waals surface area contributed by atoms with Crippen LogP contribution in [0.1, 0.15) is 0 Å². The molecule has 2 aromatic carbocycles. The van der Waals surface area contributed by atoms with Crippen LogP contribution in [-0.4, -0.2) is 9.97 Å². The van der Waals surface area contributed by atoms with Gasteiger partial charge in [0.1, 0.15) is 18.0 Å². The molecular formula is C14H9BrFN3. The Kier molecular flexibility index (Phi) is 3.13. The number of halogens is 2. The molecule has 0 atom stereocenters. The standard InChI is InChI=1S/C14H9BrFN3/c15-12-3-1-2-11-13(12)17-8-18-14(11)19-10-6-4-9(16)5-7-10/h1-8H,(H,17,18,19). The van der Waals surface area contributed by atoms with Gasteiger partial charge in [-0.15, -0.1) is 0 Å². The lowest BCUT2D eigenvalue weighted by molar-refractivity contribution is 0.628. The fraction of sp³-hybridized carbons (Fsp3) is 0. The first-order valence-corrected chi connectivity index (χ1v) is 6.45. The van der Waals surface area contributed by atoms with Crippen LogP contribution in [0.2, 0.25) is 0 Å². The molecule has 0 bridgehead atoms. The number of nitrogens with zero attached hydrogens (tertiary/aromatic N) is 2. The van der Waals surface area contributed by atoms with Gasteiger partial charge in [0.05, 0.1) is 5.52 Å². The van der Waals surface area contributed by atoms with E-state index in [-0.39, 0.29) is 5.82 Å². The predicted molar refractivity (Wildman–Crippen MR) is 76.9 cm³/mol. The van der Waals surface area contributed by atoms with E-state index in [9.17, 15) is 4.39 Å². The molecule has 3 nitrogen and oxygen atoms in total. The largest absolute Gasteiger partial charge is 0.340 e. The Balaban J connectivity index is 2.06. The first kappa shape index (κ1) is 12.0. The van der Waals surface area contributed by atoms with Crippen LogP contribution in [0.3, 0.4) is 0 Å². The highest BCUT2D eigenvalue weighted by Crippen LogP contribution is 2.27. The third-order valence-electron chi connectivity index (χ3n) is 2.72. The summed E-state index contributed by atoms with van der Waals surface area (Å²) in [7, 11) is 0. The van der Waals surface area contributed by atoms with Crippen molar-refractivity contribution < 1.29 is 4.39 Å². The average Bonchev–Trinajstić information content (AvgIpc) is 2.43. The molecule has 0 saturated heterocycles. The maximum atomic E-state index is 12.9. The molecule has 3 aromatic rings. The van der Waals surface area contributed by atoms with Crippen molar-refractivity contribution in [2.75, 3.05) is 5.32 Å². The van der Waals surface area contributed by atoms with Crippen molar-refractivity contribution in [3.05, 3.63) is 59.1 Å². The summed E-state index contributed by atoms with van der Waals surface area (Å²) in [6.45, 7) is 0. The first-order valence-electron chi connectivity index (χ1n) is 5.66. The Morgan fingerprint density at radius 3 is 2.58 bits per heavy atom. The second-order valence-electron chi connectivity index (χ2n) is 3.99. The Labute approximate surface area is 117 Å². The van der Waals surface area contributed by atoms with Gasteiger partial charge in [-0.3, -0.25) is 0 Å². The van der Waals surface area contributed by atoms with Crippen LogP contribution in [0.15, 0.2) is 53.3 Å². The monoisotopic (exact) mass is 317 g/mol. The van der Waals surface area contributed by atoms with E-state index in [1.807, 2.05) is 18.2 Å². The summed E-state index contributed by atoms with van der Waals surface area (Å²) >= 11 is 3.46. The van der Waals surface area contributed by atoms with Crippen LogP contribution in [0.4, 0.5) is 15.9 Å². The molecule has 0 unspecified atom stereocenters. The second kappa shape index (κ2) is 4.93. The summed E-state index contributed by atoms with van der Waals surface area (Å²) in [4.78, 5) is 8.47. The first-order chi connectivity index (χ1) is 9.24. The van der Waals surface area contributed by atoms with Gasteiger partial charge in [-0.05, 0) is 52.3 Å². The van der Waals surface area contributed by atoms with Crippen LogP contribution in [0, 0.1) is 5.82 Å². The van der Waals surface area contributed by atoms with Gasteiger partial charge in [-0.1, -0.05) is 6.07 Å². The zero-order chi connectivity index (χ0) is 13.2. The summed E-state index contributed by atoms with van der Waals surface area (Å²) in [5.74, 6) is 0.429. The minimum absolute atomic E-state index is 0.263. The van der Waals surface area contributed by atoms with E-state index >= 15 is 0 Å². The van der Waals surface area contributed by atoms with Crippen molar-refractivity contribution in [2.24, 2.45) is 0 Å². The van der Waals surface area contributed by atoms with E-state index in [1.165, 1.54) is 18.5 Å². The Morgan fingerprint density at radius 2 is 1.79 bits per heavy atom. The number of para-hydroxylation sites is 1. The zero-order valence-corrected chi connectivity index (χ0v) is 11.4. The highest BCUT2D eigenvalue weighted by Gasteiger charge is 2.06. The van der Waals surface area contributed by atoms with E-state index in [1.54, 1.807) is 12.1 Å². The van der Waals surface area contributed by atoms with Gasteiger partial charge in [-0.2, -0.15) is 0 Å². The van der Waals surface area contributed by atoms with Crippen LogP contribution in [0.5, 0.6) is 0 Å². The predicted octanol–water partition coefficient (Wildman–Crippen LogP) is 4.28. The Morgan fingerprint density at radius 1 is 1.00 bits per heavy atom. The summed E-state index contributed by atoms with van der Waals surface area (Å²) in [6.07, 6.45) is 1.50. The summed E-state index contributed by atoms with van der Waals surface area (Å²) in [6, 6.07) is 11.9. The Bertz CT molecular complexity index is 728. The van der Waals surface area contributed by atoms with Crippen LogP contribution in [-0.2, 0) is 0 Å². The number of hydrogen-bond donors (Lipinski definition) is 1. The molecule has 0 aliphatic carbocycles.